The van der Waals surface area contributed by atoms with Gasteiger partial charge in [-0.3, -0.25) is 9.59 Å². The van der Waals surface area contributed by atoms with E-state index in [0.29, 0.717) is 11.5 Å². The van der Waals surface area contributed by atoms with Crippen molar-refractivity contribution in [3.05, 3.63) is 87.2 Å². The van der Waals surface area contributed by atoms with E-state index in [-0.39, 0.29) is 11.1 Å². The molecule has 0 unspecified atom stereocenters. The largest absolute Gasteiger partial charge is 0.465 e. The zero-order valence-corrected chi connectivity index (χ0v) is 14.8. The zero-order chi connectivity index (χ0) is 18.5. The summed E-state index contributed by atoms with van der Waals surface area (Å²) in [5, 5.41) is 4.63. The molecule has 0 spiro atoms. The molecule has 0 aliphatic heterocycles. The van der Waals surface area contributed by atoms with Gasteiger partial charge < -0.3 is 14.6 Å². The topological polar surface area (TPSA) is 77.4 Å². The summed E-state index contributed by atoms with van der Waals surface area (Å²) in [7, 11) is 1.27. The number of hydrogen-bond donors (Lipinski definition) is 1. The summed E-state index contributed by atoms with van der Waals surface area (Å²) in [4.78, 5) is 36.9. The van der Waals surface area contributed by atoms with Crippen molar-refractivity contribution in [3.63, 3.8) is 0 Å². The van der Waals surface area contributed by atoms with E-state index in [4.69, 9.17) is 0 Å². The number of carbonyl (C=O) groups excluding carboxylic acids is 2. The molecule has 2 aromatic heterocycles. The Labute approximate surface area is 153 Å². The average molecular weight is 368 g/mol. The van der Waals surface area contributed by atoms with Gasteiger partial charge in [0.25, 0.3) is 11.5 Å². The molecule has 0 saturated carbocycles. The van der Waals surface area contributed by atoms with Crippen LogP contribution in [0.25, 0.3) is 0 Å². The van der Waals surface area contributed by atoms with Crippen molar-refractivity contribution >= 4 is 28.2 Å². The Morgan fingerprint density at radius 1 is 1.08 bits per heavy atom. The number of benzene rings is 1. The van der Waals surface area contributed by atoms with Crippen molar-refractivity contribution in [1.82, 2.24) is 4.57 Å². The molecular weight excluding hydrogens is 352 g/mol. The van der Waals surface area contributed by atoms with Gasteiger partial charge in [-0.15, -0.1) is 11.3 Å². The van der Waals surface area contributed by atoms with Crippen LogP contribution in [0, 0.1) is 0 Å². The predicted octanol–water partition coefficient (Wildman–Crippen LogP) is 3.00. The third-order valence-corrected chi connectivity index (χ3v) is 4.59. The van der Waals surface area contributed by atoms with Crippen molar-refractivity contribution in [2.45, 2.75) is 6.54 Å². The number of esters is 1. The molecule has 2 heterocycles. The summed E-state index contributed by atoms with van der Waals surface area (Å²) in [6, 6.07) is 14.2. The molecule has 3 rings (SSSR count). The van der Waals surface area contributed by atoms with Crippen molar-refractivity contribution in [2.75, 3.05) is 12.4 Å². The van der Waals surface area contributed by atoms with Crippen LogP contribution in [0.3, 0.4) is 0 Å². The standard InChI is InChI=1S/C19H16N2O4S/c1-25-19(24)15-9-11-26-17(15)20-16(22)14-8-5-10-21(18(14)23)12-13-6-3-2-4-7-13/h2-11H,12H2,1H3,(H,20,22). The number of nitrogens with zero attached hydrogens (tertiary/aromatic N) is 1. The highest BCUT2D eigenvalue weighted by atomic mass is 32.1. The lowest BCUT2D eigenvalue weighted by atomic mass is 10.2. The van der Waals surface area contributed by atoms with Gasteiger partial charge in [0.05, 0.1) is 19.2 Å². The van der Waals surface area contributed by atoms with Gasteiger partial charge in [0.1, 0.15) is 10.6 Å². The number of carbonyl (C=O) groups is 2. The third-order valence-electron chi connectivity index (χ3n) is 3.76. The molecule has 0 fully saturated rings. The fourth-order valence-corrected chi connectivity index (χ4v) is 3.23. The van der Waals surface area contributed by atoms with Gasteiger partial charge >= 0.3 is 5.97 Å². The number of pyridine rings is 1. The first-order chi connectivity index (χ1) is 12.6. The molecule has 1 N–H and O–H groups in total. The number of nitrogens with one attached hydrogen (secondary N) is 1. The van der Waals surface area contributed by atoms with E-state index in [1.165, 1.54) is 29.1 Å². The van der Waals surface area contributed by atoms with Crippen LogP contribution in [0.15, 0.2) is 64.9 Å². The lowest BCUT2D eigenvalue weighted by Gasteiger charge is -2.09. The highest BCUT2D eigenvalue weighted by Crippen LogP contribution is 2.24. The van der Waals surface area contributed by atoms with E-state index < -0.39 is 17.4 Å². The average Bonchev–Trinajstić information content (AvgIpc) is 3.11. The molecule has 0 atom stereocenters. The van der Waals surface area contributed by atoms with E-state index in [1.54, 1.807) is 23.7 Å². The maximum Gasteiger partial charge on any atom is 0.340 e. The minimum Gasteiger partial charge on any atom is -0.465 e. The summed E-state index contributed by atoms with van der Waals surface area (Å²) in [6.45, 7) is 0.368. The van der Waals surface area contributed by atoms with Crippen molar-refractivity contribution < 1.29 is 14.3 Å². The third kappa shape index (κ3) is 3.73. The second-order valence-corrected chi connectivity index (χ2v) is 6.37. The molecule has 1 aromatic carbocycles. The lowest BCUT2D eigenvalue weighted by molar-refractivity contribution is 0.0602. The molecule has 26 heavy (non-hydrogen) atoms. The van der Waals surface area contributed by atoms with Crippen LogP contribution < -0.4 is 10.9 Å². The molecule has 6 nitrogen and oxygen atoms in total. The number of aromatic nitrogens is 1. The molecule has 3 aromatic rings. The maximum absolute atomic E-state index is 12.6. The zero-order valence-electron chi connectivity index (χ0n) is 14.0. The summed E-state index contributed by atoms with van der Waals surface area (Å²) < 4.78 is 6.15. The van der Waals surface area contributed by atoms with Crippen LogP contribution in [0.1, 0.15) is 26.3 Å². The van der Waals surface area contributed by atoms with Gasteiger partial charge in [0.2, 0.25) is 0 Å². The maximum atomic E-state index is 12.6. The molecule has 0 aliphatic carbocycles. The monoisotopic (exact) mass is 368 g/mol. The normalized spacial score (nSPS) is 10.3. The molecule has 132 valence electrons. The fraction of sp³-hybridized carbons (Fsp3) is 0.105. The van der Waals surface area contributed by atoms with Crippen LogP contribution in [-0.4, -0.2) is 23.6 Å². The van der Waals surface area contributed by atoms with E-state index in [0.717, 1.165) is 5.56 Å². The first kappa shape index (κ1) is 17.6. The highest BCUT2D eigenvalue weighted by Gasteiger charge is 2.18. The van der Waals surface area contributed by atoms with Crippen molar-refractivity contribution in [3.8, 4) is 0 Å². The van der Waals surface area contributed by atoms with E-state index in [2.05, 4.69) is 10.1 Å². The minimum atomic E-state index is -0.565. The van der Waals surface area contributed by atoms with Crippen LogP contribution in [0.2, 0.25) is 0 Å². The Morgan fingerprint density at radius 2 is 1.85 bits per heavy atom. The van der Waals surface area contributed by atoms with Crippen LogP contribution in [-0.2, 0) is 11.3 Å². The van der Waals surface area contributed by atoms with Gasteiger partial charge in [-0.05, 0) is 29.1 Å². The number of hydrogen-bond acceptors (Lipinski definition) is 5. The molecule has 0 bridgehead atoms. The quantitative estimate of drug-likeness (QED) is 0.703. The van der Waals surface area contributed by atoms with Crippen LogP contribution in [0.4, 0.5) is 5.00 Å². The molecule has 0 aliphatic rings. The lowest BCUT2D eigenvalue weighted by Crippen LogP contribution is -2.29. The second kappa shape index (κ2) is 7.79. The summed E-state index contributed by atoms with van der Waals surface area (Å²) >= 11 is 1.19. The van der Waals surface area contributed by atoms with Gasteiger partial charge in [-0.1, -0.05) is 30.3 Å². The van der Waals surface area contributed by atoms with Gasteiger partial charge in [0, 0.05) is 6.20 Å². The summed E-state index contributed by atoms with van der Waals surface area (Å²) in [6.07, 6.45) is 1.64. The number of amides is 1. The Bertz CT molecular complexity index is 992. The minimum absolute atomic E-state index is 0.00708. The van der Waals surface area contributed by atoms with Crippen LogP contribution >= 0.6 is 11.3 Å². The van der Waals surface area contributed by atoms with E-state index in [9.17, 15) is 14.4 Å². The first-order valence-electron chi connectivity index (χ1n) is 7.80. The SMILES string of the molecule is COC(=O)c1ccsc1NC(=O)c1cccn(Cc2ccccc2)c1=O. The molecule has 7 heteroatoms. The Hall–Kier alpha value is -3.19. The number of ether oxygens (including phenoxy) is 1. The molecule has 0 radical (unpaired) electrons. The molecule has 1 amide bonds. The van der Waals surface area contributed by atoms with Gasteiger partial charge in [-0.2, -0.15) is 0 Å². The molecule has 0 saturated heterocycles. The fourth-order valence-electron chi connectivity index (χ4n) is 2.46. The number of methoxy groups -OCH3 is 1. The number of rotatable bonds is 5. The van der Waals surface area contributed by atoms with Gasteiger partial charge in [0.15, 0.2) is 0 Å². The number of anilines is 1. The highest BCUT2D eigenvalue weighted by molar-refractivity contribution is 7.14. The Morgan fingerprint density at radius 3 is 2.58 bits per heavy atom. The Balaban J connectivity index is 1.85. The van der Waals surface area contributed by atoms with Crippen molar-refractivity contribution in [1.29, 1.82) is 0 Å². The Kier molecular flexibility index (Phi) is 5.28. The predicted molar refractivity (Wildman–Crippen MR) is 99.9 cm³/mol. The van der Waals surface area contributed by atoms with Crippen molar-refractivity contribution in [2.24, 2.45) is 0 Å². The van der Waals surface area contributed by atoms with E-state index in [1.807, 2.05) is 30.3 Å². The second-order valence-electron chi connectivity index (χ2n) is 5.45. The van der Waals surface area contributed by atoms with Gasteiger partial charge in [-0.25, -0.2) is 4.79 Å². The van der Waals surface area contributed by atoms with Crippen LogP contribution in [0.5, 0.6) is 0 Å². The smallest absolute Gasteiger partial charge is 0.340 e. The molecular formula is C19H16N2O4S. The summed E-state index contributed by atoms with van der Waals surface area (Å²) in [5.74, 6) is -1.11. The number of thiophene rings is 1. The van der Waals surface area contributed by atoms with E-state index >= 15 is 0 Å². The summed E-state index contributed by atoms with van der Waals surface area (Å²) in [5.41, 5.74) is 0.822. The first-order valence-corrected chi connectivity index (χ1v) is 8.68.